The Kier molecular flexibility index (Phi) is 2.82. The number of anilines is 1. The number of fused-ring (bicyclic) bond motifs is 1. The quantitative estimate of drug-likeness (QED) is 0.872. The first-order valence-corrected chi connectivity index (χ1v) is 6.74. The Morgan fingerprint density at radius 1 is 1.29 bits per heavy atom. The van der Waals surface area contributed by atoms with Gasteiger partial charge in [0.25, 0.3) is 0 Å². The van der Waals surface area contributed by atoms with Crippen LogP contribution in [-0.2, 0) is 6.42 Å². The van der Waals surface area contributed by atoms with Gasteiger partial charge in [-0.25, -0.2) is 0 Å². The molecule has 4 heteroatoms. The lowest BCUT2D eigenvalue weighted by molar-refractivity contribution is 0.225. The molecule has 0 fully saturated rings. The van der Waals surface area contributed by atoms with E-state index in [0.717, 1.165) is 29.1 Å². The molecule has 0 spiro atoms. The Morgan fingerprint density at radius 2 is 2.18 bits per heavy atom. The minimum absolute atomic E-state index is 0.590. The summed E-state index contributed by atoms with van der Waals surface area (Å²) >= 11 is 7.32. The Balaban J connectivity index is 2.02. The van der Waals surface area contributed by atoms with Crippen LogP contribution < -0.4 is 5.32 Å². The Bertz CT molecular complexity index is 552. The molecule has 17 heavy (non-hydrogen) atoms. The Labute approximate surface area is 109 Å². The van der Waals surface area contributed by atoms with Gasteiger partial charge in [-0.3, -0.25) is 0 Å². The fourth-order valence-corrected chi connectivity index (χ4v) is 3.29. The fourth-order valence-electron chi connectivity index (χ4n) is 2.22. The van der Waals surface area contributed by atoms with Crippen molar-refractivity contribution in [1.29, 1.82) is 0 Å². The molecular formula is C13H12ClNOS. The van der Waals surface area contributed by atoms with Crippen LogP contribution in [0.15, 0.2) is 30.3 Å². The third-order valence-corrected chi connectivity index (χ3v) is 4.32. The minimum atomic E-state index is -0.590. The molecule has 1 aliphatic heterocycles. The second kappa shape index (κ2) is 4.33. The van der Waals surface area contributed by atoms with Crippen LogP contribution in [0.5, 0.6) is 0 Å². The fraction of sp³-hybridized carbons (Fsp3) is 0.231. The third kappa shape index (κ3) is 1.95. The van der Waals surface area contributed by atoms with Gasteiger partial charge < -0.3 is 10.4 Å². The van der Waals surface area contributed by atoms with Crippen molar-refractivity contribution in [3.05, 3.63) is 50.7 Å². The molecule has 0 saturated carbocycles. The molecule has 1 unspecified atom stereocenters. The van der Waals surface area contributed by atoms with Crippen molar-refractivity contribution in [3.8, 4) is 0 Å². The highest BCUT2D eigenvalue weighted by atomic mass is 35.5. The van der Waals surface area contributed by atoms with Gasteiger partial charge in [0.1, 0.15) is 6.10 Å². The minimum Gasteiger partial charge on any atom is -0.384 e. The molecule has 1 aliphatic rings. The van der Waals surface area contributed by atoms with Crippen LogP contribution in [0.4, 0.5) is 5.69 Å². The van der Waals surface area contributed by atoms with Crippen LogP contribution in [0, 0.1) is 0 Å². The molecular weight excluding hydrogens is 254 g/mol. The summed E-state index contributed by atoms with van der Waals surface area (Å²) < 4.78 is 0.708. The lowest BCUT2D eigenvalue weighted by atomic mass is 10.0. The average molecular weight is 266 g/mol. The van der Waals surface area contributed by atoms with Gasteiger partial charge in [-0.2, -0.15) is 0 Å². The summed E-state index contributed by atoms with van der Waals surface area (Å²) in [6.45, 7) is 0.949. The zero-order chi connectivity index (χ0) is 11.8. The van der Waals surface area contributed by atoms with Crippen LogP contribution in [0.3, 0.4) is 0 Å². The number of benzene rings is 1. The van der Waals surface area contributed by atoms with Crippen LogP contribution in [0.1, 0.15) is 22.1 Å². The molecule has 0 aliphatic carbocycles. The van der Waals surface area contributed by atoms with Crippen molar-refractivity contribution in [2.24, 2.45) is 0 Å². The van der Waals surface area contributed by atoms with Gasteiger partial charge in [0.05, 0.1) is 4.34 Å². The van der Waals surface area contributed by atoms with E-state index in [-0.39, 0.29) is 0 Å². The normalized spacial score (nSPS) is 15.4. The molecule has 0 radical (unpaired) electrons. The van der Waals surface area contributed by atoms with Gasteiger partial charge in [0, 0.05) is 22.7 Å². The molecule has 2 heterocycles. The van der Waals surface area contributed by atoms with Gasteiger partial charge in [-0.15, -0.1) is 11.3 Å². The number of hydrogen-bond acceptors (Lipinski definition) is 3. The largest absolute Gasteiger partial charge is 0.384 e. The molecule has 2 nitrogen and oxygen atoms in total. The number of aliphatic hydroxyl groups excluding tert-OH is 1. The molecule has 1 aromatic heterocycles. The maximum atomic E-state index is 10.4. The predicted molar refractivity (Wildman–Crippen MR) is 72.0 cm³/mol. The van der Waals surface area contributed by atoms with Gasteiger partial charge >= 0.3 is 0 Å². The van der Waals surface area contributed by atoms with E-state index in [9.17, 15) is 5.11 Å². The first kappa shape index (κ1) is 11.1. The highest BCUT2D eigenvalue weighted by molar-refractivity contribution is 7.16. The zero-order valence-electron chi connectivity index (χ0n) is 9.11. The van der Waals surface area contributed by atoms with Gasteiger partial charge in [-0.1, -0.05) is 29.8 Å². The van der Waals surface area contributed by atoms with Gasteiger partial charge in [0.2, 0.25) is 0 Å². The molecule has 2 aromatic rings. The summed E-state index contributed by atoms with van der Waals surface area (Å²) in [5, 5.41) is 13.7. The number of rotatable bonds is 2. The number of para-hydroxylation sites is 1. The van der Waals surface area contributed by atoms with E-state index in [1.165, 1.54) is 16.9 Å². The van der Waals surface area contributed by atoms with Crippen molar-refractivity contribution in [2.45, 2.75) is 12.5 Å². The lowest BCUT2D eigenvalue weighted by Crippen LogP contribution is -2.02. The zero-order valence-corrected chi connectivity index (χ0v) is 10.7. The summed E-state index contributed by atoms with van der Waals surface area (Å²) in [5.74, 6) is 0. The molecule has 3 rings (SSSR count). The molecule has 88 valence electrons. The van der Waals surface area contributed by atoms with Crippen LogP contribution in [0.25, 0.3) is 0 Å². The molecule has 0 amide bonds. The monoisotopic (exact) mass is 265 g/mol. The van der Waals surface area contributed by atoms with Crippen LogP contribution >= 0.6 is 22.9 Å². The summed E-state index contributed by atoms with van der Waals surface area (Å²) in [5.41, 5.74) is 3.31. The van der Waals surface area contributed by atoms with E-state index in [4.69, 9.17) is 11.6 Å². The summed E-state index contributed by atoms with van der Waals surface area (Å²) in [6, 6.07) is 9.77. The van der Waals surface area contributed by atoms with Gasteiger partial charge in [0.15, 0.2) is 0 Å². The van der Waals surface area contributed by atoms with Crippen LogP contribution in [0.2, 0.25) is 4.34 Å². The maximum absolute atomic E-state index is 10.4. The lowest BCUT2D eigenvalue weighted by Gasteiger charge is -2.13. The first-order valence-electron chi connectivity index (χ1n) is 5.54. The van der Waals surface area contributed by atoms with E-state index in [1.807, 2.05) is 24.3 Å². The molecule has 2 N–H and O–H groups in total. The van der Waals surface area contributed by atoms with E-state index in [0.29, 0.717) is 4.34 Å². The average Bonchev–Trinajstić information content (AvgIpc) is 2.95. The van der Waals surface area contributed by atoms with E-state index >= 15 is 0 Å². The number of aliphatic hydroxyl groups is 1. The van der Waals surface area contributed by atoms with Crippen molar-refractivity contribution in [3.63, 3.8) is 0 Å². The number of hydrogen-bond donors (Lipinski definition) is 2. The predicted octanol–water partition coefficient (Wildman–Crippen LogP) is 3.45. The first-order chi connectivity index (χ1) is 8.25. The highest BCUT2D eigenvalue weighted by Crippen LogP contribution is 2.37. The van der Waals surface area contributed by atoms with Crippen molar-refractivity contribution >= 4 is 28.6 Å². The highest BCUT2D eigenvalue weighted by Gasteiger charge is 2.20. The summed E-state index contributed by atoms with van der Waals surface area (Å²) in [6.07, 6.45) is 0.439. The molecule has 1 atom stereocenters. The molecule has 0 saturated heterocycles. The van der Waals surface area contributed by atoms with E-state index in [2.05, 4.69) is 11.4 Å². The summed E-state index contributed by atoms with van der Waals surface area (Å²) in [4.78, 5) is 0.886. The van der Waals surface area contributed by atoms with Crippen molar-refractivity contribution < 1.29 is 5.11 Å². The maximum Gasteiger partial charge on any atom is 0.115 e. The number of thiophene rings is 1. The SMILES string of the molecule is OC(c1ccc(Cl)s1)c1cccc2c1NCC2. The Morgan fingerprint density at radius 3 is 2.94 bits per heavy atom. The molecule has 1 aromatic carbocycles. The van der Waals surface area contributed by atoms with E-state index < -0.39 is 6.10 Å². The van der Waals surface area contributed by atoms with Crippen LogP contribution in [-0.4, -0.2) is 11.7 Å². The molecule has 0 bridgehead atoms. The second-order valence-electron chi connectivity index (χ2n) is 4.10. The number of nitrogens with one attached hydrogen (secondary N) is 1. The summed E-state index contributed by atoms with van der Waals surface area (Å²) in [7, 11) is 0. The smallest absolute Gasteiger partial charge is 0.115 e. The van der Waals surface area contributed by atoms with E-state index in [1.54, 1.807) is 0 Å². The van der Waals surface area contributed by atoms with Crippen molar-refractivity contribution in [2.75, 3.05) is 11.9 Å². The van der Waals surface area contributed by atoms with Crippen molar-refractivity contribution in [1.82, 2.24) is 0 Å². The number of halogens is 1. The standard InChI is InChI=1S/C13H12ClNOS/c14-11-5-4-10(17-11)13(16)9-3-1-2-8-6-7-15-12(8)9/h1-5,13,15-16H,6-7H2. The second-order valence-corrected chi connectivity index (χ2v) is 5.85. The Hall–Kier alpha value is -1.03. The topological polar surface area (TPSA) is 32.3 Å². The van der Waals surface area contributed by atoms with Gasteiger partial charge in [-0.05, 0) is 24.1 Å². The third-order valence-electron chi connectivity index (χ3n) is 3.04.